The van der Waals surface area contributed by atoms with Gasteiger partial charge in [-0.3, -0.25) is 19.2 Å². The molecule has 16 heteroatoms. The number of allylic oxidation sites excluding steroid dienone is 2. The number of aromatic hydroxyl groups is 1. The van der Waals surface area contributed by atoms with Crippen molar-refractivity contribution in [2.75, 3.05) is 39.7 Å². The predicted molar refractivity (Wildman–Crippen MR) is 228 cm³/mol. The maximum atomic E-state index is 14.7. The van der Waals surface area contributed by atoms with Gasteiger partial charge in [0, 0.05) is 67.8 Å². The summed E-state index contributed by atoms with van der Waals surface area (Å²) in [5, 5.41) is 25.6. The molecule has 330 valence electrons. The fourth-order valence-corrected chi connectivity index (χ4v) is 8.40. The number of esters is 1. The van der Waals surface area contributed by atoms with Gasteiger partial charge in [-0.15, -0.1) is 0 Å². The first kappa shape index (κ1) is 44.3. The Morgan fingerprint density at radius 3 is 2.48 bits per heavy atom. The molecule has 16 nitrogen and oxygen atoms in total. The number of carbonyl (C=O) groups excluding carboxylic acids is 3. The third kappa shape index (κ3) is 7.91. The highest BCUT2D eigenvalue weighted by molar-refractivity contribution is 6.22. The monoisotopic (exact) mass is 855 g/mol. The number of ketones is 1. The van der Waals surface area contributed by atoms with Crippen molar-refractivity contribution < 1.29 is 57.4 Å². The number of phenols is 1. The molecule has 9 atom stereocenters. The Morgan fingerprint density at radius 1 is 1.05 bits per heavy atom. The van der Waals surface area contributed by atoms with Gasteiger partial charge >= 0.3 is 11.8 Å². The van der Waals surface area contributed by atoms with Gasteiger partial charge in [-0.25, -0.2) is 4.98 Å². The molecule has 0 radical (unpaired) electrons. The number of rotatable bonds is 6. The molecule has 0 saturated carbocycles. The molecule has 0 aromatic heterocycles. The summed E-state index contributed by atoms with van der Waals surface area (Å²) in [6, 6.07) is 4.98. The summed E-state index contributed by atoms with van der Waals surface area (Å²) in [5.41, 5.74) is -0.410. The lowest BCUT2D eigenvalue weighted by Crippen LogP contribution is -2.46. The molecule has 1 aliphatic carbocycles. The van der Waals surface area contributed by atoms with E-state index in [1.807, 2.05) is 38.9 Å². The molecule has 2 aromatic carbocycles. The van der Waals surface area contributed by atoms with Gasteiger partial charge in [-0.2, -0.15) is 0 Å². The summed E-state index contributed by atoms with van der Waals surface area (Å²) in [6.45, 7) is 12.3. The van der Waals surface area contributed by atoms with Gasteiger partial charge in [0.25, 0.3) is 11.7 Å². The van der Waals surface area contributed by atoms with Crippen LogP contribution in [0.4, 0.5) is 5.69 Å². The Labute approximate surface area is 358 Å². The second kappa shape index (κ2) is 17.2. The van der Waals surface area contributed by atoms with Gasteiger partial charge < -0.3 is 53.3 Å². The van der Waals surface area contributed by atoms with Crippen molar-refractivity contribution in [2.45, 2.75) is 84.8 Å². The van der Waals surface area contributed by atoms with Crippen LogP contribution in [0.5, 0.6) is 17.2 Å². The van der Waals surface area contributed by atoms with Crippen molar-refractivity contribution in [3.05, 3.63) is 75.7 Å². The molecule has 1 amide bonds. The van der Waals surface area contributed by atoms with Crippen LogP contribution < -0.4 is 20.2 Å². The van der Waals surface area contributed by atoms with Gasteiger partial charge in [0.1, 0.15) is 53.0 Å². The number of aliphatic hydroxyl groups is 1. The molecule has 5 heterocycles. The van der Waals surface area contributed by atoms with Crippen LogP contribution in [0.15, 0.2) is 63.6 Å². The summed E-state index contributed by atoms with van der Waals surface area (Å²) >= 11 is 0. The lowest BCUT2D eigenvalue weighted by molar-refractivity contribution is -0.168. The van der Waals surface area contributed by atoms with Gasteiger partial charge in [-0.1, -0.05) is 39.0 Å². The largest absolute Gasteiger partial charge is 0.507 e. The minimum absolute atomic E-state index is 0.0129. The fourth-order valence-electron chi connectivity index (χ4n) is 8.40. The van der Waals surface area contributed by atoms with E-state index in [-0.39, 0.29) is 67.8 Å². The molecule has 0 spiro atoms. The third-order valence-electron chi connectivity index (χ3n) is 12.0. The Bertz CT molecular complexity index is 2560. The number of hydrogen-bond donors (Lipinski definition) is 3. The first-order valence-electron chi connectivity index (χ1n) is 20.5. The van der Waals surface area contributed by atoms with Gasteiger partial charge in [-0.05, 0) is 46.2 Å². The summed E-state index contributed by atoms with van der Waals surface area (Å²) in [7, 11) is 5.31. The van der Waals surface area contributed by atoms with Crippen molar-refractivity contribution >= 4 is 45.2 Å². The van der Waals surface area contributed by atoms with Crippen LogP contribution in [0.25, 0.3) is 33.3 Å². The highest BCUT2D eigenvalue weighted by atomic mass is 16.7. The minimum atomic E-state index is -2.03. The molecular formula is C46H53N3O13. The molecule has 5 aliphatic heterocycles. The number of benzene rings is 3. The SMILES string of the molecule is CO[C@H]1/C=C/O[C@@]2(C)Oc3c(C)c(O)c4c(=O)c(c5oc6ccc(OCCN(C)C)cc6nc-5c4c3C2=O)NC(=O)/C(C)=C\C=C\[C@H](C)[C@@H]2O[C@H]([C@H](O)[C@@H]2C)[C@H](OC(C)=O)[C@@H]1C. The van der Waals surface area contributed by atoms with Crippen molar-refractivity contribution in [3.63, 3.8) is 0 Å². The molecule has 7 bridgehead atoms. The van der Waals surface area contributed by atoms with Crippen molar-refractivity contribution in [1.29, 1.82) is 0 Å². The van der Waals surface area contributed by atoms with E-state index >= 15 is 0 Å². The van der Waals surface area contributed by atoms with E-state index in [1.54, 1.807) is 44.2 Å². The number of Topliss-reactive ketones (excluding diaryl/α,β-unsaturated/α-hetero) is 1. The minimum Gasteiger partial charge on any atom is -0.507 e. The highest BCUT2D eigenvalue weighted by Crippen LogP contribution is 2.50. The Balaban J connectivity index is 1.43. The van der Waals surface area contributed by atoms with E-state index in [4.69, 9.17) is 37.8 Å². The van der Waals surface area contributed by atoms with Crippen LogP contribution in [-0.4, -0.2) is 108 Å². The number of phenolic OH excluding ortho intramolecular Hbond substituents is 1. The Hall–Kier alpha value is -5.81. The fraction of sp³-hybridized carbons (Fsp3) is 0.457. The molecule has 62 heavy (non-hydrogen) atoms. The zero-order valence-electron chi connectivity index (χ0n) is 36.4. The summed E-state index contributed by atoms with van der Waals surface area (Å²) in [4.78, 5) is 62.6. The normalized spacial score (nSPS) is 29.8. The average molecular weight is 856 g/mol. The molecule has 3 N–H and O–H groups in total. The summed E-state index contributed by atoms with van der Waals surface area (Å²) < 4.78 is 42.7. The van der Waals surface area contributed by atoms with Crippen LogP contribution in [0.1, 0.15) is 57.5 Å². The van der Waals surface area contributed by atoms with Crippen molar-refractivity contribution in [2.24, 2.45) is 17.8 Å². The summed E-state index contributed by atoms with van der Waals surface area (Å²) in [5.74, 6) is -5.45. The number of ether oxygens (including phenoxy) is 6. The number of aromatic nitrogens is 1. The Morgan fingerprint density at radius 2 is 1.79 bits per heavy atom. The lowest BCUT2D eigenvalue weighted by Gasteiger charge is -2.33. The van der Waals surface area contributed by atoms with Crippen LogP contribution in [0.3, 0.4) is 0 Å². The Kier molecular flexibility index (Phi) is 12.2. The maximum Gasteiger partial charge on any atom is 0.312 e. The topological polar surface area (TPSA) is 205 Å². The molecule has 8 rings (SSSR count). The average Bonchev–Trinajstić information content (AvgIpc) is 3.67. The number of carbonyl (C=O) groups is 3. The van der Waals surface area contributed by atoms with Crippen LogP contribution in [0.2, 0.25) is 0 Å². The number of nitrogens with one attached hydrogen (secondary N) is 1. The number of hydrogen-bond acceptors (Lipinski definition) is 15. The smallest absolute Gasteiger partial charge is 0.312 e. The highest BCUT2D eigenvalue weighted by Gasteiger charge is 2.51. The van der Waals surface area contributed by atoms with Gasteiger partial charge in [0.15, 0.2) is 11.3 Å². The zero-order valence-corrected chi connectivity index (χ0v) is 36.4. The van der Waals surface area contributed by atoms with E-state index in [9.17, 15) is 29.4 Å². The quantitative estimate of drug-likeness (QED) is 0.122. The number of anilines is 1. The molecule has 1 fully saturated rings. The van der Waals surface area contributed by atoms with E-state index in [2.05, 4.69) is 5.32 Å². The van der Waals surface area contributed by atoms with Crippen LogP contribution in [0, 0.1) is 24.7 Å². The number of likely N-dealkylation sites (N-methyl/N-ethyl adjacent to an activating group) is 1. The molecule has 1 saturated heterocycles. The lowest BCUT2D eigenvalue weighted by atomic mass is 9.86. The van der Waals surface area contributed by atoms with E-state index in [0.29, 0.717) is 24.4 Å². The molecule has 0 unspecified atom stereocenters. The summed E-state index contributed by atoms with van der Waals surface area (Å²) in [6.07, 6.45) is 3.61. The number of fused-ring (bicyclic) bond motifs is 9. The number of aliphatic hydroxyl groups excluding tert-OH is 1. The first-order valence-corrected chi connectivity index (χ1v) is 20.5. The molecule has 2 aromatic rings. The van der Waals surface area contributed by atoms with Crippen LogP contribution in [-0.2, 0) is 28.5 Å². The van der Waals surface area contributed by atoms with E-state index in [1.165, 1.54) is 40.2 Å². The van der Waals surface area contributed by atoms with E-state index < -0.39 is 71.1 Å². The first-order chi connectivity index (χ1) is 29.4. The zero-order chi connectivity index (χ0) is 44.9. The maximum absolute atomic E-state index is 14.7. The van der Waals surface area contributed by atoms with E-state index in [0.717, 1.165) is 0 Å². The van der Waals surface area contributed by atoms with Gasteiger partial charge in [0.2, 0.25) is 5.43 Å². The van der Waals surface area contributed by atoms with Crippen molar-refractivity contribution in [1.82, 2.24) is 9.88 Å². The predicted octanol–water partition coefficient (Wildman–Crippen LogP) is 5.66. The molecular weight excluding hydrogens is 803 g/mol. The standard InChI is InChI=1S/C46H53N3O13/c1-21-12-11-13-22(2)45(55)48-35-38(53)32-31(34-42(35)60-30-15-14-27(20-28(30)47-34)57-19-17-49(8)9)33-40(24(4)36(32)51)62-46(7,44(33)54)58-18-16-29(56-10)23(3)41(59-26(6)50)43-37(52)25(5)39(21)61-43/h11-16,18,20-21,23,25,29,37,39,41,43,51-52H,17,19H2,1-10H3,(H,48,55)/b12-11+,18-16+,22-13-/t21-,23+,25-,29-,37+,39-,41+,43+,46-/m0/s1. The number of nitrogens with zero attached hydrogens (tertiary/aromatic N) is 2. The third-order valence-corrected chi connectivity index (χ3v) is 12.0. The second-order valence-electron chi connectivity index (χ2n) is 16.7. The number of methoxy groups -OCH3 is 1. The van der Waals surface area contributed by atoms with Crippen LogP contribution >= 0.6 is 0 Å². The number of amides is 1. The van der Waals surface area contributed by atoms with Crippen molar-refractivity contribution in [3.8, 4) is 28.7 Å². The second-order valence-corrected chi connectivity index (χ2v) is 16.7. The molecule has 6 aliphatic rings. The van der Waals surface area contributed by atoms with Gasteiger partial charge in [0.05, 0.1) is 35.5 Å².